The number of carbonyl (C=O) groups is 2. The second-order valence-electron chi connectivity index (χ2n) is 5.18. The van der Waals surface area contributed by atoms with Gasteiger partial charge in [-0.1, -0.05) is 30.3 Å². The molecular weight excluding hydrogens is 268 g/mol. The molecule has 0 atom stereocenters. The maximum atomic E-state index is 12.4. The molecule has 1 aromatic heterocycles. The summed E-state index contributed by atoms with van der Waals surface area (Å²) in [5, 5.41) is 11.6. The van der Waals surface area contributed by atoms with Crippen molar-refractivity contribution < 1.29 is 14.7 Å². The van der Waals surface area contributed by atoms with E-state index in [0.29, 0.717) is 0 Å². The van der Waals surface area contributed by atoms with Gasteiger partial charge in [0, 0.05) is 6.20 Å². The minimum atomic E-state index is -1.06. The number of anilines is 1. The molecule has 0 bridgehead atoms. The van der Waals surface area contributed by atoms with Crippen LogP contribution in [0.2, 0.25) is 0 Å². The number of benzene rings is 1. The molecule has 2 N–H and O–H groups in total. The van der Waals surface area contributed by atoms with Gasteiger partial charge in [0.05, 0.1) is 11.0 Å². The lowest BCUT2D eigenvalue weighted by Crippen LogP contribution is -2.35. The van der Waals surface area contributed by atoms with E-state index in [1.54, 1.807) is 13.8 Å². The van der Waals surface area contributed by atoms with E-state index in [9.17, 15) is 9.59 Å². The summed E-state index contributed by atoms with van der Waals surface area (Å²) in [6.07, 6.45) is 1.36. The molecule has 0 aliphatic carbocycles. The largest absolute Gasteiger partial charge is 0.478 e. The summed E-state index contributed by atoms with van der Waals surface area (Å²) in [6, 6.07) is 12.1. The van der Waals surface area contributed by atoms with Crippen LogP contribution in [0.25, 0.3) is 0 Å². The third-order valence-corrected chi connectivity index (χ3v) is 3.31. The summed E-state index contributed by atoms with van der Waals surface area (Å²) in [5.41, 5.74) is 0.206. The molecule has 0 fully saturated rings. The zero-order chi connectivity index (χ0) is 15.5. The van der Waals surface area contributed by atoms with Crippen LogP contribution >= 0.6 is 0 Å². The summed E-state index contributed by atoms with van der Waals surface area (Å²) < 4.78 is 0. The van der Waals surface area contributed by atoms with Crippen molar-refractivity contribution in [2.24, 2.45) is 0 Å². The molecule has 21 heavy (non-hydrogen) atoms. The Hall–Kier alpha value is -2.69. The highest BCUT2D eigenvalue weighted by Crippen LogP contribution is 2.24. The Kier molecular flexibility index (Phi) is 4.03. The molecule has 0 saturated carbocycles. The smallest absolute Gasteiger partial charge is 0.335 e. The molecule has 0 aliphatic heterocycles. The Balaban J connectivity index is 2.21. The molecule has 1 aromatic carbocycles. The molecule has 0 saturated heterocycles. The second-order valence-corrected chi connectivity index (χ2v) is 5.18. The molecule has 0 radical (unpaired) electrons. The summed E-state index contributed by atoms with van der Waals surface area (Å²) in [4.78, 5) is 27.3. The molecule has 1 heterocycles. The van der Waals surface area contributed by atoms with Crippen molar-refractivity contribution in [1.82, 2.24) is 4.98 Å². The van der Waals surface area contributed by atoms with Crippen LogP contribution in [0.5, 0.6) is 0 Å². The Morgan fingerprint density at radius 3 is 2.43 bits per heavy atom. The number of aromatic carboxylic acids is 1. The number of aromatic nitrogens is 1. The number of rotatable bonds is 4. The first kappa shape index (κ1) is 14.7. The van der Waals surface area contributed by atoms with Crippen LogP contribution in [0, 0.1) is 0 Å². The van der Waals surface area contributed by atoms with Gasteiger partial charge in [-0.05, 0) is 31.5 Å². The van der Waals surface area contributed by atoms with Gasteiger partial charge in [-0.2, -0.15) is 0 Å². The quantitative estimate of drug-likeness (QED) is 0.904. The number of carboxylic acid groups (broad SMARTS) is 1. The monoisotopic (exact) mass is 284 g/mol. The van der Waals surface area contributed by atoms with Crippen LogP contribution in [-0.2, 0) is 10.2 Å². The Labute approximate surface area is 122 Å². The topological polar surface area (TPSA) is 79.3 Å². The van der Waals surface area contributed by atoms with E-state index < -0.39 is 11.4 Å². The van der Waals surface area contributed by atoms with E-state index in [-0.39, 0.29) is 17.3 Å². The number of nitrogens with zero attached hydrogens (tertiary/aromatic N) is 1. The summed E-state index contributed by atoms with van der Waals surface area (Å²) in [7, 11) is 0. The SMILES string of the molecule is CC(C)(C(=O)Nc1cc(C(=O)O)ccn1)c1ccccc1. The molecule has 108 valence electrons. The van der Waals surface area contributed by atoms with E-state index in [0.717, 1.165) is 5.56 Å². The van der Waals surface area contributed by atoms with Gasteiger partial charge in [0.1, 0.15) is 5.82 Å². The van der Waals surface area contributed by atoms with Crippen molar-refractivity contribution in [2.75, 3.05) is 5.32 Å². The first-order valence-corrected chi connectivity index (χ1v) is 6.47. The molecule has 2 aromatic rings. The van der Waals surface area contributed by atoms with Crippen LogP contribution < -0.4 is 5.32 Å². The van der Waals surface area contributed by atoms with Crippen LogP contribution in [-0.4, -0.2) is 22.0 Å². The van der Waals surface area contributed by atoms with Gasteiger partial charge in [0.25, 0.3) is 0 Å². The first-order chi connectivity index (χ1) is 9.91. The second kappa shape index (κ2) is 5.75. The number of hydrogen-bond acceptors (Lipinski definition) is 3. The number of amides is 1. The van der Waals surface area contributed by atoms with Gasteiger partial charge in [0.2, 0.25) is 5.91 Å². The van der Waals surface area contributed by atoms with E-state index >= 15 is 0 Å². The van der Waals surface area contributed by atoms with Crippen molar-refractivity contribution >= 4 is 17.7 Å². The molecular formula is C16H16N2O3. The van der Waals surface area contributed by atoms with E-state index in [2.05, 4.69) is 10.3 Å². The molecule has 5 nitrogen and oxygen atoms in total. The third kappa shape index (κ3) is 3.25. The van der Waals surface area contributed by atoms with Crippen molar-refractivity contribution in [2.45, 2.75) is 19.3 Å². The lowest BCUT2D eigenvalue weighted by Gasteiger charge is -2.23. The van der Waals surface area contributed by atoms with Gasteiger partial charge in [-0.25, -0.2) is 9.78 Å². The van der Waals surface area contributed by atoms with Gasteiger partial charge in [-0.15, -0.1) is 0 Å². The number of nitrogens with one attached hydrogen (secondary N) is 1. The fourth-order valence-corrected chi connectivity index (χ4v) is 1.89. The zero-order valence-electron chi connectivity index (χ0n) is 11.8. The first-order valence-electron chi connectivity index (χ1n) is 6.47. The number of hydrogen-bond donors (Lipinski definition) is 2. The molecule has 2 rings (SSSR count). The third-order valence-electron chi connectivity index (χ3n) is 3.31. The molecule has 0 aliphatic rings. The fraction of sp³-hybridized carbons (Fsp3) is 0.188. The predicted molar refractivity (Wildman–Crippen MR) is 79.3 cm³/mol. The fourth-order valence-electron chi connectivity index (χ4n) is 1.89. The van der Waals surface area contributed by atoms with E-state index in [1.165, 1.54) is 18.3 Å². The van der Waals surface area contributed by atoms with Crippen LogP contribution in [0.3, 0.4) is 0 Å². The molecule has 0 unspecified atom stereocenters. The number of carbonyl (C=O) groups excluding carboxylic acids is 1. The van der Waals surface area contributed by atoms with Crippen molar-refractivity contribution in [1.29, 1.82) is 0 Å². The minimum Gasteiger partial charge on any atom is -0.478 e. The van der Waals surface area contributed by atoms with Gasteiger partial charge in [0.15, 0.2) is 0 Å². The minimum absolute atomic E-state index is 0.0813. The Morgan fingerprint density at radius 2 is 1.81 bits per heavy atom. The summed E-state index contributed by atoms with van der Waals surface area (Å²) >= 11 is 0. The normalized spacial score (nSPS) is 11.0. The Morgan fingerprint density at radius 1 is 1.14 bits per heavy atom. The van der Waals surface area contributed by atoms with Crippen LogP contribution in [0.15, 0.2) is 48.7 Å². The van der Waals surface area contributed by atoms with Crippen molar-refractivity contribution in [3.8, 4) is 0 Å². The maximum Gasteiger partial charge on any atom is 0.335 e. The van der Waals surface area contributed by atoms with E-state index in [4.69, 9.17) is 5.11 Å². The Bertz CT molecular complexity index is 666. The highest BCUT2D eigenvalue weighted by Gasteiger charge is 2.29. The summed E-state index contributed by atoms with van der Waals surface area (Å²) in [5.74, 6) is -1.08. The van der Waals surface area contributed by atoms with Gasteiger partial charge in [-0.3, -0.25) is 4.79 Å². The molecule has 5 heteroatoms. The van der Waals surface area contributed by atoms with Crippen LogP contribution in [0.4, 0.5) is 5.82 Å². The van der Waals surface area contributed by atoms with Gasteiger partial charge >= 0.3 is 5.97 Å². The van der Waals surface area contributed by atoms with Crippen molar-refractivity contribution in [3.63, 3.8) is 0 Å². The number of carboxylic acids is 1. The maximum absolute atomic E-state index is 12.4. The van der Waals surface area contributed by atoms with E-state index in [1.807, 2.05) is 30.3 Å². The standard InChI is InChI=1S/C16H16N2O3/c1-16(2,12-6-4-3-5-7-12)15(21)18-13-10-11(14(19)20)8-9-17-13/h3-10H,1-2H3,(H,19,20)(H,17,18,21). The lowest BCUT2D eigenvalue weighted by molar-refractivity contribution is -0.120. The van der Waals surface area contributed by atoms with Gasteiger partial charge < -0.3 is 10.4 Å². The molecule has 0 spiro atoms. The lowest BCUT2D eigenvalue weighted by atomic mass is 9.84. The average molecular weight is 284 g/mol. The van der Waals surface area contributed by atoms with Crippen molar-refractivity contribution in [3.05, 3.63) is 59.8 Å². The highest BCUT2D eigenvalue weighted by molar-refractivity contribution is 5.98. The number of pyridine rings is 1. The predicted octanol–water partition coefficient (Wildman–Crippen LogP) is 2.70. The summed E-state index contributed by atoms with van der Waals surface area (Å²) in [6.45, 7) is 3.61. The molecule has 1 amide bonds. The van der Waals surface area contributed by atoms with Crippen LogP contribution in [0.1, 0.15) is 29.8 Å². The highest BCUT2D eigenvalue weighted by atomic mass is 16.4. The average Bonchev–Trinajstić information content (AvgIpc) is 2.48. The zero-order valence-corrected chi connectivity index (χ0v) is 11.8.